The number of piperidine rings is 1. The summed E-state index contributed by atoms with van der Waals surface area (Å²) in [4.78, 5) is 11.4. The van der Waals surface area contributed by atoms with Crippen molar-refractivity contribution in [1.29, 1.82) is 0 Å². The van der Waals surface area contributed by atoms with Crippen LogP contribution in [0.3, 0.4) is 0 Å². The van der Waals surface area contributed by atoms with Crippen LogP contribution in [0.2, 0.25) is 0 Å². The van der Waals surface area contributed by atoms with Crippen LogP contribution in [0.5, 0.6) is 0 Å². The maximum absolute atomic E-state index is 11.4. The molecule has 1 N–H and O–H groups in total. The third-order valence-electron chi connectivity index (χ3n) is 2.76. The number of rotatable bonds is 0. The lowest BCUT2D eigenvalue weighted by atomic mass is 9.78. The Kier molecular flexibility index (Phi) is 1.69. The van der Waals surface area contributed by atoms with Crippen molar-refractivity contribution in [3.8, 4) is 0 Å². The van der Waals surface area contributed by atoms with Crippen molar-refractivity contribution in [1.82, 2.24) is 5.32 Å². The van der Waals surface area contributed by atoms with Crippen molar-refractivity contribution in [2.75, 3.05) is 26.3 Å². The van der Waals surface area contributed by atoms with Crippen LogP contribution in [0.1, 0.15) is 12.8 Å². The first-order valence-corrected chi connectivity index (χ1v) is 4.15. The number of nitrogens with one attached hydrogen (secondary N) is 1. The van der Waals surface area contributed by atoms with E-state index in [0.717, 1.165) is 25.9 Å². The fraction of sp³-hybridized carbons (Fsp3) is 0.875. The summed E-state index contributed by atoms with van der Waals surface area (Å²) in [6.07, 6.45) is 1.93. The molecule has 2 aliphatic rings. The lowest BCUT2D eigenvalue weighted by Crippen LogP contribution is -2.41. The number of carbonyl (C=O) groups is 1. The molecule has 3 heteroatoms. The van der Waals surface area contributed by atoms with Gasteiger partial charge in [0.15, 0.2) is 5.78 Å². The highest BCUT2D eigenvalue weighted by atomic mass is 16.5. The Labute approximate surface area is 66.1 Å². The summed E-state index contributed by atoms with van der Waals surface area (Å²) in [6.45, 7) is 2.94. The molecule has 2 heterocycles. The lowest BCUT2D eigenvalue weighted by molar-refractivity contribution is -0.125. The molecule has 11 heavy (non-hydrogen) atoms. The summed E-state index contributed by atoms with van der Waals surface area (Å²) in [6, 6.07) is 0. The van der Waals surface area contributed by atoms with Crippen molar-refractivity contribution in [2.45, 2.75) is 12.8 Å². The van der Waals surface area contributed by atoms with Gasteiger partial charge in [-0.25, -0.2) is 0 Å². The van der Waals surface area contributed by atoms with E-state index in [9.17, 15) is 4.79 Å². The van der Waals surface area contributed by atoms with Crippen LogP contribution in [0.4, 0.5) is 0 Å². The smallest absolute Gasteiger partial charge is 0.166 e. The van der Waals surface area contributed by atoms with Crippen LogP contribution in [-0.2, 0) is 9.53 Å². The maximum atomic E-state index is 11.4. The quantitative estimate of drug-likeness (QED) is 0.533. The van der Waals surface area contributed by atoms with Gasteiger partial charge in [-0.05, 0) is 25.9 Å². The average molecular weight is 155 g/mol. The van der Waals surface area contributed by atoms with Crippen molar-refractivity contribution in [3.05, 3.63) is 0 Å². The Bertz CT molecular complexity index is 173. The van der Waals surface area contributed by atoms with E-state index in [1.807, 2.05) is 0 Å². The first-order chi connectivity index (χ1) is 5.33. The fourth-order valence-electron chi connectivity index (χ4n) is 1.90. The van der Waals surface area contributed by atoms with Gasteiger partial charge in [-0.2, -0.15) is 0 Å². The summed E-state index contributed by atoms with van der Waals surface area (Å²) in [7, 11) is 0. The third kappa shape index (κ3) is 1.08. The molecule has 0 aromatic heterocycles. The zero-order valence-electron chi connectivity index (χ0n) is 6.56. The minimum Gasteiger partial charge on any atom is -0.373 e. The molecule has 2 fully saturated rings. The van der Waals surface area contributed by atoms with E-state index >= 15 is 0 Å². The molecule has 0 unspecified atom stereocenters. The molecular formula is C8H13NO2. The largest absolute Gasteiger partial charge is 0.373 e. The van der Waals surface area contributed by atoms with Gasteiger partial charge in [-0.15, -0.1) is 0 Å². The van der Waals surface area contributed by atoms with Crippen LogP contribution in [0.15, 0.2) is 0 Å². The predicted octanol–water partition coefficient (Wildman–Crippen LogP) is -0.0445. The molecule has 2 saturated heterocycles. The highest BCUT2D eigenvalue weighted by Gasteiger charge is 2.43. The fourth-order valence-corrected chi connectivity index (χ4v) is 1.90. The SMILES string of the molecule is O=C1COCC12CCNCC2. The normalized spacial score (nSPS) is 29.6. The van der Waals surface area contributed by atoms with Crippen molar-refractivity contribution >= 4 is 5.78 Å². The lowest BCUT2D eigenvalue weighted by Gasteiger charge is -2.30. The van der Waals surface area contributed by atoms with Gasteiger partial charge in [0.2, 0.25) is 0 Å². The van der Waals surface area contributed by atoms with Gasteiger partial charge < -0.3 is 10.1 Å². The van der Waals surface area contributed by atoms with E-state index in [1.165, 1.54) is 0 Å². The number of carbonyl (C=O) groups excluding carboxylic acids is 1. The molecule has 2 aliphatic heterocycles. The summed E-state index contributed by atoms with van der Waals surface area (Å²) in [5.41, 5.74) is -0.0920. The summed E-state index contributed by atoms with van der Waals surface area (Å²) in [5.74, 6) is 0.319. The zero-order chi connectivity index (χ0) is 7.73. The molecule has 0 aliphatic carbocycles. The number of hydrogen-bond acceptors (Lipinski definition) is 3. The van der Waals surface area contributed by atoms with Crippen LogP contribution < -0.4 is 5.32 Å². The van der Waals surface area contributed by atoms with E-state index in [0.29, 0.717) is 19.0 Å². The second-order valence-corrected chi connectivity index (χ2v) is 3.45. The van der Waals surface area contributed by atoms with Gasteiger partial charge in [-0.3, -0.25) is 4.79 Å². The standard InChI is InChI=1S/C8H13NO2/c10-7-5-11-6-8(7)1-3-9-4-2-8/h9H,1-6H2. The first-order valence-electron chi connectivity index (χ1n) is 4.15. The molecule has 0 aromatic rings. The average Bonchev–Trinajstić information content (AvgIpc) is 2.36. The van der Waals surface area contributed by atoms with Gasteiger partial charge in [0.25, 0.3) is 0 Å². The van der Waals surface area contributed by atoms with Gasteiger partial charge in [0, 0.05) is 0 Å². The Hall–Kier alpha value is -0.410. The van der Waals surface area contributed by atoms with E-state index < -0.39 is 0 Å². The number of ether oxygens (including phenoxy) is 1. The molecule has 3 nitrogen and oxygen atoms in total. The highest BCUT2D eigenvalue weighted by molar-refractivity contribution is 5.87. The third-order valence-corrected chi connectivity index (χ3v) is 2.76. The summed E-state index contributed by atoms with van der Waals surface area (Å²) < 4.78 is 5.17. The molecule has 0 aromatic carbocycles. The molecule has 2 rings (SSSR count). The van der Waals surface area contributed by atoms with Gasteiger partial charge in [0.1, 0.15) is 6.61 Å². The van der Waals surface area contributed by atoms with Gasteiger partial charge >= 0.3 is 0 Å². The molecule has 0 atom stereocenters. The summed E-state index contributed by atoms with van der Waals surface area (Å²) >= 11 is 0. The minimum atomic E-state index is -0.0920. The topological polar surface area (TPSA) is 38.3 Å². The van der Waals surface area contributed by atoms with Crippen LogP contribution in [-0.4, -0.2) is 32.1 Å². The van der Waals surface area contributed by atoms with Crippen LogP contribution in [0, 0.1) is 5.41 Å². The van der Waals surface area contributed by atoms with Crippen LogP contribution >= 0.6 is 0 Å². The number of Topliss-reactive ketones (excluding diaryl/α,β-unsaturated/α-hetero) is 1. The zero-order valence-corrected chi connectivity index (χ0v) is 6.56. The van der Waals surface area contributed by atoms with Crippen molar-refractivity contribution in [2.24, 2.45) is 5.41 Å². The predicted molar refractivity (Wildman–Crippen MR) is 40.4 cm³/mol. The second kappa shape index (κ2) is 2.57. The number of ketones is 1. The van der Waals surface area contributed by atoms with Crippen LogP contribution in [0.25, 0.3) is 0 Å². The molecular weight excluding hydrogens is 142 g/mol. The number of hydrogen-bond donors (Lipinski definition) is 1. The molecule has 0 radical (unpaired) electrons. The van der Waals surface area contributed by atoms with E-state index in [2.05, 4.69) is 5.32 Å². The van der Waals surface area contributed by atoms with Crippen molar-refractivity contribution < 1.29 is 9.53 Å². The van der Waals surface area contributed by atoms with Crippen molar-refractivity contribution in [3.63, 3.8) is 0 Å². The minimum absolute atomic E-state index is 0.0920. The van der Waals surface area contributed by atoms with E-state index in [4.69, 9.17) is 4.74 Å². The Morgan fingerprint density at radius 2 is 2.09 bits per heavy atom. The first kappa shape index (κ1) is 7.25. The molecule has 0 amide bonds. The van der Waals surface area contributed by atoms with E-state index in [-0.39, 0.29) is 5.41 Å². The maximum Gasteiger partial charge on any atom is 0.166 e. The monoisotopic (exact) mass is 155 g/mol. The Morgan fingerprint density at radius 3 is 2.64 bits per heavy atom. The molecule has 0 bridgehead atoms. The van der Waals surface area contributed by atoms with E-state index in [1.54, 1.807) is 0 Å². The molecule has 62 valence electrons. The highest BCUT2D eigenvalue weighted by Crippen LogP contribution is 2.34. The Morgan fingerprint density at radius 1 is 1.36 bits per heavy atom. The Balaban J connectivity index is 2.12. The second-order valence-electron chi connectivity index (χ2n) is 3.45. The van der Waals surface area contributed by atoms with Gasteiger partial charge in [-0.1, -0.05) is 0 Å². The molecule has 0 saturated carbocycles. The molecule has 1 spiro atoms. The van der Waals surface area contributed by atoms with Gasteiger partial charge in [0.05, 0.1) is 12.0 Å². The summed E-state index contributed by atoms with van der Waals surface area (Å²) in [5, 5.41) is 3.25.